The summed E-state index contributed by atoms with van der Waals surface area (Å²) in [6.45, 7) is 4.92. The Hall–Kier alpha value is -0.860. The first-order valence-corrected chi connectivity index (χ1v) is 6.93. The fourth-order valence-electron chi connectivity index (χ4n) is 2.08. The van der Waals surface area contributed by atoms with E-state index < -0.39 is 0 Å². The van der Waals surface area contributed by atoms with Gasteiger partial charge in [-0.15, -0.1) is 0 Å². The van der Waals surface area contributed by atoms with Crippen LogP contribution in [-0.4, -0.2) is 18.7 Å². The van der Waals surface area contributed by atoms with E-state index in [2.05, 4.69) is 12.2 Å². The van der Waals surface area contributed by atoms with Crippen molar-refractivity contribution in [2.24, 2.45) is 5.92 Å². The molecule has 17 heavy (non-hydrogen) atoms. The lowest BCUT2D eigenvalue weighted by Gasteiger charge is -2.15. The molecule has 0 aromatic heterocycles. The summed E-state index contributed by atoms with van der Waals surface area (Å²) in [6.07, 6.45) is 8.75. The van der Waals surface area contributed by atoms with Crippen LogP contribution in [0.1, 0.15) is 65.2 Å². The summed E-state index contributed by atoms with van der Waals surface area (Å²) in [4.78, 5) is 21.8. The summed E-state index contributed by atoms with van der Waals surface area (Å²) in [5, 5.41) is 2.68. The SMILES string of the molecule is CCCCCC(CCNC=O)CC(=O)CCC. The second-order valence-electron chi connectivity index (χ2n) is 4.72. The molecule has 0 heterocycles. The van der Waals surface area contributed by atoms with Gasteiger partial charge in [0.25, 0.3) is 0 Å². The molecule has 0 aliphatic heterocycles. The van der Waals surface area contributed by atoms with E-state index in [1.54, 1.807) is 0 Å². The van der Waals surface area contributed by atoms with Crippen LogP contribution in [0.15, 0.2) is 0 Å². The molecule has 0 bridgehead atoms. The Labute approximate surface area is 105 Å². The Morgan fingerprint density at radius 2 is 1.94 bits per heavy atom. The second-order valence-corrected chi connectivity index (χ2v) is 4.72. The maximum atomic E-state index is 11.6. The van der Waals surface area contributed by atoms with E-state index in [4.69, 9.17) is 0 Å². The van der Waals surface area contributed by atoms with Crippen molar-refractivity contribution < 1.29 is 9.59 Å². The van der Waals surface area contributed by atoms with Crippen LogP contribution in [0.4, 0.5) is 0 Å². The van der Waals surface area contributed by atoms with Crippen molar-refractivity contribution >= 4 is 12.2 Å². The maximum absolute atomic E-state index is 11.6. The van der Waals surface area contributed by atoms with Crippen LogP contribution in [0, 0.1) is 5.92 Å². The summed E-state index contributed by atoms with van der Waals surface area (Å²) in [7, 11) is 0. The molecule has 0 saturated carbocycles. The molecule has 0 rings (SSSR count). The molecule has 1 unspecified atom stereocenters. The molecule has 0 saturated heterocycles. The molecule has 0 aromatic rings. The minimum absolute atomic E-state index is 0.375. The predicted molar refractivity (Wildman–Crippen MR) is 70.8 cm³/mol. The van der Waals surface area contributed by atoms with Gasteiger partial charge in [0.2, 0.25) is 6.41 Å². The summed E-state index contributed by atoms with van der Waals surface area (Å²) in [5.74, 6) is 0.827. The first-order valence-electron chi connectivity index (χ1n) is 6.93. The second kappa shape index (κ2) is 11.6. The number of carbonyl (C=O) groups is 2. The van der Waals surface area contributed by atoms with Crippen molar-refractivity contribution in [1.29, 1.82) is 0 Å². The topological polar surface area (TPSA) is 46.2 Å². The Morgan fingerprint density at radius 3 is 2.53 bits per heavy atom. The molecule has 3 heteroatoms. The lowest BCUT2D eigenvalue weighted by atomic mass is 9.91. The number of unbranched alkanes of at least 4 members (excludes halogenated alkanes) is 2. The highest BCUT2D eigenvalue weighted by Crippen LogP contribution is 2.18. The third kappa shape index (κ3) is 10.0. The van der Waals surface area contributed by atoms with E-state index in [1.165, 1.54) is 19.3 Å². The number of nitrogens with one attached hydrogen (secondary N) is 1. The van der Waals surface area contributed by atoms with Crippen LogP contribution in [0.2, 0.25) is 0 Å². The van der Waals surface area contributed by atoms with E-state index in [0.29, 0.717) is 31.1 Å². The zero-order valence-electron chi connectivity index (χ0n) is 11.3. The summed E-state index contributed by atoms with van der Waals surface area (Å²) < 4.78 is 0. The first-order chi connectivity index (χ1) is 8.24. The number of ketones is 1. The van der Waals surface area contributed by atoms with E-state index in [1.807, 2.05) is 6.92 Å². The predicted octanol–water partition coefficient (Wildman–Crippen LogP) is 3.08. The van der Waals surface area contributed by atoms with Gasteiger partial charge in [-0.2, -0.15) is 0 Å². The van der Waals surface area contributed by atoms with E-state index in [0.717, 1.165) is 25.7 Å². The lowest BCUT2D eigenvalue weighted by molar-refractivity contribution is -0.120. The van der Waals surface area contributed by atoms with Gasteiger partial charge in [0, 0.05) is 19.4 Å². The van der Waals surface area contributed by atoms with E-state index >= 15 is 0 Å². The third-order valence-electron chi connectivity index (χ3n) is 3.04. The van der Waals surface area contributed by atoms with Crippen molar-refractivity contribution in [3.63, 3.8) is 0 Å². The fraction of sp³-hybridized carbons (Fsp3) is 0.857. The van der Waals surface area contributed by atoms with Gasteiger partial charge in [0.1, 0.15) is 5.78 Å². The minimum atomic E-state index is 0.375. The van der Waals surface area contributed by atoms with Gasteiger partial charge in [-0.3, -0.25) is 9.59 Å². The normalized spacial score (nSPS) is 12.1. The largest absolute Gasteiger partial charge is 0.359 e. The number of Topliss-reactive ketones (excluding diaryl/α,β-unsaturated/α-hetero) is 1. The molecule has 0 radical (unpaired) electrons. The summed E-state index contributed by atoms with van der Waals surface area (Å²) in [5.41, 5.74) is 0. The number of hydrogen-bond acceptors (Lipinski definition) is 2. The number of carbonyl (C=O) groups excluding carboxylic acids is 2. The molecule has 100 valence electrons. The smallest absolute Gasteiger partial charge is 0.207 e. The Kier molecular flexibility index (Phi) is 11.0. The van der Waals surface area contributed by atoms with Crippen molar-refractivity contribution in [2.75, 3.05) is 6.54 Å². The third-order valence-corrected chi connectivity index (χ3v) is 3.04. The van der Waals surface area contributed by atoms with E-state index in [-0.39, 0.29) is 0 Å². The Balaban J connectivity index is 3.90. The molecule has 0 spiro atoms. The van der Waals surface area contributed by atoms with Crippen LogP contribution in [0.3, 0.4) is 0 Å². The highest BCUT2D eigenvalue weighted by atomic mass is 16.1. The van der Waals surface area contributed by atoms with Crippen molar-refractivity contribution in [3.05, 3.63) is 0 Å². The van der Waals surface area contributed by atoms with E-state index in [9.17, 15) is 9.59 Å². The van der Waals surface area contributed by atoms with Crippen molar-refractivity contribution in [3.8, 4) is 0 Å². The maximum Gasteiger partial charge on any atom is 0.207 e. The zero-order valence-corrected chi connectivity index (χ0v) is 11.3. The molecular weight excluding hydrogens is 214 g/mol. The summed E-state index contributed by atoms with van der Waals surface area (Å²) in [6, 6.07) is 0. The monoisotopic (exact) mass is 241 g/mol. The highest BCUT2D eigenvalue weighted by molar-refractivity contribution is 5.78. The van der Waals surface area contributed by atoms with Gasteiger partial charge in [0.15, 0.2) is 0 Å². The van der Waals surface area contributed by atoms with Gasteiger partial charge < -0.3 is 5.32 Å². The van der Waals surface area contributed by atoms with Crippen molar-refractivity contribution in [2.45, 2.75) is 65.2 Å². The minimum Gasteiger partial charge on any atom is -0.359 e. The molecule has 3 nitrogen and oxygen atoms in total. The molecule has 0 fully saturated rings. The first kappa shape index (κ1) is 16.1. The molecule has 0 aliphatic carbocycles. The molecule has 1 N–H and O–H groups in total. The van der Waals surface area contributed by atoms with Crippen molar-refractivity contribution in [1.82, 2.24) is 5.32 Å². The summed E-state index contributed by atoms with van der Waals surface area (Å²) >= 11 is 0. The molecule has 1 atom stereocenters. The Bertz CT molecular complexity index is 204. The van der Waals surface area contributed by atoms with Gasteiger partial charge in [-0.25, -0.2) is 0 Å². The molecule has 1 amide bonds. The molecule has 0 aliphatic rings. The average molecular weight is 241 g/mol. The van der Waals surface area contributed by atoms with Crippen LogP contribution in [-0.2, 0) is 9.59 Å². The number of amides is 1. The highest BCUT2D eigenvalue weighted by Gasteiger charge is 2.12. The van der Waals surface area contributed by atoms with Crippen LogP contribution >= 0.6 is 0 Å². The van der Waals surface area contributed by atoms with Gasteiger partial charge >= 0.3 is 0 Å². The van der Waals surface area contributed by atoms with Crippen LogP contribution in [0.5, 0.6) is 0 Å². The van der Waals surface area contributed by atoms with Gasteiger partial charge in [-0.1, -0.05) is 33.1 Å². The molecular formula is C14H27NO2. The number of rotatable bonds is 12. The van der Waals surface area contributed by atoms with Gasteiger partial charge in [0.05, 0.1) is 0 Å². The molecule has 0 aromatic carbocycles. The quantitative estimate of drug-likeness (QED) is 0.421. The van der Waals surface area contributed by atoms with Crippen LogP contribution in [0.25, 0.3) is 0 Å². The lowest BCUT2D eigenvalue weighted by Crippen LogP contribution is -2.18. The van der Waals surface area contributed by atoms with Crippen LogP contribution < -0.4 is 5.32 Å². The van der Waals surface area contributed by atoms with Gasteiger partial charge in [-0.05, 0) is 25.2 Å². The zero-order chi connectivity index (χ0) is 12.9. The average Bonchev–Trinajstić information content (AvgIpc) is 2.29. The fourth-order valence-corrected chi connectivity index (χ4v) is 2.08. The Morgan fingerprint density at radius 1 is 1.18 bits per heavy atom. The number of hydrogen-bond donors (Lipinski definition) is 1. The standard InChI is InChI=1S/C14H27NO2/c1-3-5-6-8-13(9-10-15-12-16)11-14(17)7-4-2/h12-13H,3-11H2,1-2H3,(H,15,16).